The van der Waals surface area contributed by atoms with Gasteiger partial charge in [0.15, 0.2) is 5.43 Å². The van der Waals surface area contributed by atoms with Crippen LogP contribution in [0, 0.1) is 0 Å². The van der Waals surface area contributed by atoms with Gasteiger partial charge in [0, 0.05) is 34.6 Å². The van der Waals surface area contributed by atoms with E-state index in [9.17, 15) is 4.79 Å². The largest absolute Gasteiger partial charge is 0.367 e. The van der Waals surface area contributed by atoms with Crippen LogP contribution in [0.2, 0.25) is 15.1 Å². The van der Waals surface area contributed by atoms with E-state index in [0.29, 0.717) is 26.2 Å². The van der Waals surface area contributed by atoms with Crippen molar-refractivity contribution in [2.24, 2.45) is 0 Å². The zero-order valence-electron chi connectivity index (χ0n) is 7.93. The summed E-state index contributed by atoms with van der Waals surface area (Å²) in [6, 6.07) is 4.52. The molecule has 2 aromatic rings. The molecule has 0 aliphatic heterocycles. The first-order valence-electron chi connectivity index (χ1n) is 4.41. The minimum Gasteiger partial charge on any atom is -0.367 e. The smallest absolute Gasteiger partial charge is 0.189 e. The molecule has 1 N–H and O–H groups in total. The maximum Gasteiger partial charge on any atom is 0.189 e. The number of H-pyrrole nitrogens is 1. The fourth-order valence-electron chi connectivity index (χ4n) is 1.41. The molecular weight excluding hydrogens is 268 g/mol. The first kappa shape index (κ1) is 11.5. The van der Waals surface area contributed by atoms with E-state index in [1.807, 2.05) is 0 Å². The lowest BCUT2D eigenvalue weighted by atomic mass is 10.1. The number of pyridine rings is 1. The average Bonchev–Trinajstić information content (AvgIpc) is 2.19. The Morgan fingerprint density at radius 2 is 1.69 bits per heavy atom. The summed E-state index contributed by atoms with van der Waals surface area (Å²) in [5.74, 6) is 0. The quantitative estimate of drug-likeness (QED) is 0.837. The molecule has 0 bridgehead atoms. The normalized spacial score (nSPS) is 10.4. The highest BCUT2D eigenvalue weighted by Gasteiger charge is 2.12. The first-order valence-corrected chi connectivity index (χ1v) is 5.55. The SMILES string of the molecule is O=c1cc[nH]cc1-c1c(Cl)cc(Cl)cc1Cl. The highest BCUT2D eigenvalue weighted by atomic mass is 35.5. The number of aromatic amines is 1. The topological polar surface area (TPSA) is 32.9 Å². The number of hydrogen-bond donors (Lipinski definition) is 1. The van der Waals surface area contributed by atoms with Crippen molar-refractivity contribution >= 4 is 34.8 Å². The molecule has 0 spiro atoms. The Bertz CT molecular complexity index is 569. The molecule has 0 saturated carbocycles. The Morgan fingerprint density at radius 3 is 2.25 bits per heavy atom. The molecular formula is C11H6Cl3NO. The van der Waals surface area contributed by atoms with Crippen molar-refractivity contribution in [1.82, 2.24) is 4.98 Å². The monoisotopic (exact) mass is 273 g/mol. The van der Waals surface area contributed by atoms with Crippen LogP contribution in [0.5, 0.6) is 0 Å². The van der Waals surface area contributed by atoms with Crippen LogP contribution in [0.15, 0.2) is 35.4 Å². The van der Waals surface area contributed by atoms with Gasteiger partial charge in [-0.25, -0.2) is 0 Å². The lowest BCUT2D eigenvalue weighted by Gasteiger charge is -2.06. The first-order chi connectivity index (χ1) is 7.59. The van der Waals surface area contributed by atoms with E-state index in [1.165, 1.54) is 6.07 Å². The third-order valence-electron chi connectivity index (χ3n) is 2.10. The van der Waals surface area contributed by atoms with Gasteiger partial charge in [-0.3, -0.25) is 4.79 Å². The molecule has 1 heterocycles. The molecule has 2 rings (SSSR count). The second-order valence-corrected chi connectivity index (χ2v) is 4.42. The predicted molar refractivity (Wildman–Crippen MR) is 67.5 cm³/mol. The van der Waals surface area contributed by atoms with Crippen LogP contribution in [0.4, 0.5) is 0 Å². The Hall–Kier alpha value is -0.960. The molecule has 5 heteroatoms. The number of hydrogen-bond acceptors (Lipinski definition) is 1. The average molecular weight is 275 g/mol. The highest BCUT2D eigenvalue weighted by molar-refractivity contribution is 6.41. The summed E-state index contributed by atoms with van der Waals surface area (Å²) in [7, 11) is 0. The van der Waals surface area contributed by atoms with E-state index in [4.69, 9.17) is 34.8 Å². The van der Waals surface area contributed by atoms with E-state index in [-0.39, 0.29) is 5.43 Å². The number of rotatable bonds is 1. The van der Waals surface area contributed by atoms with Gasteiger partial charge in [-0.1, -0.05) is 34.8 Å². The van der Waals surface area contributed by atoms with E-state index in [1.54, 1.807) is 24.5 Å². The molecule has 16 heavy (non-hydrogen) atoms. The van der Waals surface area contributed by atoms with Gasteiger partial charge in [0.1, 0.15) is 0 Å². The summed E-state index contributed by atoms with van der Waals surface area (Å²) < 4.78 is 0. The van der Waals surface area contributed by atoms with Crippen LogP contribution in [-0.4, -0.2) is 4.98 Å². The lowest BCUT2D eigenvalue weighted by molar-refractivity contribution is 1.30. The van der Waals surface area contributed by atoms with Crippen LogP contribution in [0.3, 0.4) is 0 Å². The molecule has 0 unspecified atom stereocenters. The summed E-state index contributed by atoms with van der Waals surface area (Å²) in [6.45, 7) is 0. The van der Waals surface area contributed by atoms with Crippen molar-refractivity contribution in [2.45, 2.75) is 0 Å². The van der Waals surface area contributed by atoms with Gasteiger partial charge in [-0.15, -0.1) is 0 Å². The summed E-state index contributed by atoms with van der Waals surface area (Å²) >= 11 is 17.8. The Morgan fingerprint density at radius 1 is 1.06 bits per heavy atom. The number of halogens is 3. The maximum absolute atomic E-state index is 11.6. The molecule has 0 aliphatic rings. The second kappa shape index (κ2) is 4.50. The van der Waals surface area contributed by atoms with Gasteiger partial charge in [-0.05, 0) is 12.1 Å². The van der Waals surface area contributed by atoms with E-state index < -0.39 is 0 Å². The number of benzene rings is 1. The minimum absolute atomic E-state index is 0.148. The van der Waals surface area contributed by atoms with Crippen LogP contribution >= 0.6 is 34.8 Å². The molecule has 1 aromatic heterocycles. The van der Waals surface area contributed by atoms with E-state index in [2.05, 4.69) is 4.98 Å². The van der Waals surface area contributed by atoms with Gasteiger partial charge in [-0.2, -0.15) is 0 Å². The zero-order chi connectivity index (χ0) is 11.7. The van der Waals surface area contributed by atoms with Crippen molar-refractivity contribution in [3.8, 4) is 11.1 Å². The maximum atomic E-state index is 11.6. The summed E-state index contributed by atoms with van der Waals surface area (Å²) in [5.41, 5.74) is 0.772. The molecule has 0 saturated heterocycles. The van der Waals surface area contributed by atoms with Crippen molar-refractivity contribution in [2.75, 3.05) is 0 Å². The lowest BCUT2D eigenvalue weighted by Crippen LogP contribution is -2.03. The van der Waals surface area contributed by atoms with Gasteiger partial charge in [0.2, 0.25) is 0 Å². The molecule has 0 amide bonds. The van der Waals surface area contributed by atoms with Gasteiger partial charge < -0.3 is 4.98 Å². The van der Waals surface area contributed by atoms with Gasteiger partial charge >= 0.3 is 0 Å². The summed E-state index contributed by atoms with van der Waals surface area (Å²) in [5, 5.41) is 1.15. The van der Waals surface area contributed by atoms with Crippen LogP contribution < -0.4 is 5.43 Å². The molecule has 1 aromatic carbocycles. The van der Waals surface area contributed by atoms with Crippen LogP contribution in [0.1, 0.15) is 0 Å². The predicted octanol–water partition coefficient (Wildman–Crippen LogP) is 4.00. The molecule has 0 aliphatic carbocycles. The summed E-state index contributed by atoms with van der Waals surface area (Å²) in [4.78, 5) is 14.5. The van der Waals surface area contributed by atoms with E-state index >= 15 is 0 Å². The minimum atomic E-state index is -0.148. The zero-order valence-corrected chi connectivity index (χ0v) is 10.2. The standard InChI is InChI=1S/C11H6Cl3NO/c12-6-3-8(13)11(9(14)4-6)7-5-15-2-1-10(7)16/h1-5H,(H,15,16). The highest BCUT2D eigenvalue weighted by Crippen LogP contribution is 2.35. The fraction of sp³-hybridized carbons (Fsp3) is 0. The second-order valence-electron chi connectivity index (χ2n) is 3.17. The third kappa shape index (κ3) is 2.09. The Kier molecular flexibility index (Phi) is 3.24. The molecule has 0 fully saturated rings. The van der Waals surface area contributed by atoms with Crippen molar-refractivity contribution in [1.29, 1.82) is 0 Å². The number of nitrogens with one attached hydrogen (secondary N) is 1. The van der Waals surface area contributed by atoms with Gasteiger partial charge in [0.25, 0.3) is 0 Å². The van der Waals surface area contributed by atoms with Gasteiger partial charge in [0.05, 0.1) is 10.0 Å². The van der Waals surface area contributed by atoms with Crippen LogP contribution in [-0.2, 0) is 0 Å². The molecule has 2 nitrogen and oxygen atoms in total. The van der Waals surface area contributed by atoms with Crippen molar-refractivity contribution in [3.05, 3.63) is 55.9 Å². The Balaban J connectivity index is 2.75. The van der Waals surface area contributed by atoms with E-state index in [0.717, 1.165) is 0 Å². The molecule has 0 radical (unpaired) electrons. The van der Waals surface area contributed by atoms with Crippen molar-refractivity contribution < 1.29 is 0 Å². The third-order valence-corrected chi connectivity index (χ3v) is 2.91. The van der Waals surface area contributed by atoms with Crippen molar-refractivity contribution in [3.63, 3.8) is 0 Å². The van der Waals surface area contributed by atoms with Crippen LogP contribution in [0.25, 0.3) is 11.1 Å². The Labute approximate surface area is 107 Å². The molecule has 82 valence electrons. The summed E-state index contributed by atoms with van der Waals surface area (Å²) in [6.07, 6.45) is 3.10. The molecule has 0 atom stereocenters. The number of aromatic nitrogens is 1. The fourth-order valence-corrected chi connectivity index (χ4v) is 2.43.